The van der Waals surface area contributed by atoms with Crippen molar-refractivity contribution in [1.29, 1.82) is 0 Å². The van der Waals surface area contributed by atoms with Crippen LogP contribution in [0.3, 0.4) is 0 Å². The van der Waals surface area contributed by atoms with Gasteiger partial charge in [-0.1, -0.05) is 12.1 Å². The van der Waals surface area contributed by atoms with Crippen molar-refractivity contribution in [1.82, 2.24) is 14.8 Å². The monoisotopic (exact) mass is 461 g/mol. The molecule has 0 bridgehead atoms. The lowest BCUT2D eigenvalue weighted by Crippen LogP contribution is -2.50. The minimum Gasteiger partial charge on any atom is -0.339 e. The van der Waals surface area contributed by atoms with E-state index in [1.54, 1.807) is 21.1 Å². The topological polar surface area (TPSA) is 53.5 Å². The summed E-state index contributed by atoms with van der Waals surface area (Å²) in [6.07, 6.45) is -2.55. The van der Waals surface area contributed by atoms with Crippen LogP contribution in [-0.4, -0.2) is 52.8 Å². The first-order chi connectivity index (χ1) is 15.3. The summed E-state index contributed by atoms with van der Waals surface area (Å²) in [6.45, 7) is 1.58. The number of alkyl halides is 3. The van der Waals surface area contributed by atoms with Crippen molar-refractivity contribution in [3.05, 3.63) is 64.7 Å². The molecule has 1 fully saturated rings. The van der Waals surface area contributed by atoms with Crippen LogP contribution in [0.4, 0.5) is 13.2 Å². The number of hydrogen-bond donors (Lipinski definition) is 0. The van der Waals surface area contributed by atoms with E-state index in [9.17, 15) is 22.8 Å². The maximum absolute atomic E-state index is 12.7. The summed E-state index contributed by atoms with van der Waals surface area (Å²) in [5, 5.41) is 1.02. The molecule has 168 valence electrons. The molecule has 0 atom stereocenters. The highest BCUT2D eigenvalue weighted by Gasteiger charge is 2.31. The van der Waals surface area contributed by atoms with E-state index in [1.165, 1.54) is 12.1 Å². The molecule has 2 aromatic carbocycles. The summed E-state index contributed by atoms with van der Waals surface area (Å²) in [6, 6.07) is 12.2. The SMILES string of the molecule is O=C(CCCc1nc2ccccc2s1)N1CCN(C(=O)c2ccc(C(F)(F)F)cc2)CC1. The average Bonchev–Trinajstić information content (AvgIpc) is 3.21. The Bertz CT molecular complexity index is 1070. The average molecular weight is 462 g/mol. The fraction of sp³-hybridized carbons (Fsp3) is 0.348. The molecule has 5 nitrogen and oxygen atoms in total. The van der Waals surface area contributed by atoms with Crippen molar-refractivity contribution >= 4 is 33.4 Å². The molecule has 4 rings (SSSR count). The van der Waals surface area contributed by atoms with Gasteiger partial charge in [0, 0.05) is 38.2 Å². The van der Waals surface area contributed by atoms with Crippen LogP contribution in [0.15, 0.2) is 48.5 Å². The van der Waals surface area contributed by atoms with Gasteiger partial charge in [0.2, 0.25) is 5.91 Å². The zero-order valence-electron chi connectivity index (χ0n) is 17.3. The van der Waals surface area contributed by atoms with E-state index in [0.29, 0.717) is 39.0 Å². The molecule has 2 amide bonds. The number of thiazole rings is 1. The van der Waals surface area contributed by atoms with Gasteiger partial charge < -0.3 is 9.80 Å². The van der Waals surface area contributed by atoms with Crippen LogP contribution in [-0.2, 0) is 17.4 Å². The standard InChI is InChI=1S/C23H22F3N3O2S/c24-23(25,26)17-10-8-16(9-11-17)22(31)29-14-12-28(13-15-29)21(30)7-3-6-20-27-18-4-1-2-5-19(18)32-20/h1-2,4-5,8-11H,3,6-7,12-15H2. The molecule has 0 unspecified atom stereocenters. The molecule has 0 saturated carbocycles. The van der Waals surface area contributed by atoms with Crippen LogP contribution in [0.25, 0.3) is 10.2 Å². The van der Waals surface area contributed by atoms with E-state index in [-0.39, 0.29) is 17.4 Å². The van der Waals surface area contributed by atoms with Crippen LogP contribution in [0.5, 0.6) is 0 Å². The van der Waals surface area contributed by atoms with Crippen LogP contribution >= 0.6 is 11.3 Å². The number of fused-ring (bicyclic) bond motifs is 1. The molecule has 0 N–H and O–H groups in total. The largest absolute Gasteiger partial charge is 0.416 e. The van der Waals surface area contributed by atoms with Crippen molar-refractivity contribution in [2.24, 2.45) is 0 Å². The quantitative estimate of drug-likeness (QED) is 0.557. The molecular weight excluding hydrogens is 439 g/mol. The summed E-state index contributed by atoms with van der Waals surface area (Å²) < 4.78 is 39.2. The fourth-order valence-corrected chi connectivity index (χ4v) is 4.73. The van der Waals surface area contributed by atoms with E-state index in [2.05, 4.69) is 4.98 Å². The molecule has 1 saturated heterocycles. The second-order valence-electron chi connectivity index (χ2n) is 7.68. The Morgan fingerprint density at radius 2 is 1.59 bits per heavy atom. The third-order valence-electron chi connectivity index (χ3n) is 5.50. The molecule has 1 aliphatic rings. The Hall–Kier alpha value is -2.94. The van der Waals surface area contributed by atoms with Gasteiger partial charge in [-0.05, 0) is 49.2 Å². The minimum atomic E-state index is -4.43. The third kappa shape index (κ3) is 5.09. The van der Waals surface area contributed by atoms with E-state index in [0.717, 1.165) is 33.8 Å². The number of amides is 2. The Balaban J connectivity index is 1.24. The molecular formula is C23H22F3N3O2S. The van der Waals surface area contributed by atoms with Crippen molar-refractivity contribution < 1.29 is 22.8 Å². The molecule has 0 spiro atoms. The first-order valence-electron chi connectivity index (χ1n) is 10.4. The molecule has 32 heavy (non-hydrogen) atoms. The summed E-state index contributed by atoms with van der Waals surface area (Å²) in [5.41, 5.74) is 0.414. The minimum absolute atomic E-state index is 0.0488. The van der Waals surface area contributed by atoms with Crippen molar-refractivity contribution in [3.8, 4) is 0 Å². The number of carbonyl (C=O) groups is 2. The Morgan fingerprint density at radius 3 is 2.25 bits per heavy atom. The highest BCUT2D eigenvalue weighted by molar-refractivity contribution is 7.18. The summed E-state index contributed by atoms with van der Waals surface area (Å²) >= 11 is 1.65. The van der Waals surface area contributed by atoms with Crippen molar-refractivity contribution in [2.45, 2.75) is 25.4 Å². The normalized spacial score (nSPS) is 14.7. The van der Waals surface area contributed by atoms with Gasteiger partial charge in [-0.2, -0.15) is 13.2 Å². The van der Waals surface area contributed by atoms with Gasteiger partial charge in [0.05, 0.1) is 20.8 Å². The lowest BCUT2D eigenvalue weighted by atomic mass is 10.1. The maximum atomic E-state index is 12.7. The van der Waals surface area contributed by atoms with Crippen LogP contribution in [0.2, 0.25) is 0 Å². The number of nitrogens with zero attached hydrogens (tertiary/aromatic N) is 3. The van der Waals surface area contributed by atoms with Gasteiger partial charge >= 0.3 is 6.18 Å². The molecule has 0 aliphatic carbocycles. The number of piperazine rings is 1. The zero-order valence-corrected chi connectivity index (χ0v) is 18.1. The van der Waals surface area contributed by atoms with Crippen LogP contribution < -0.4 is 0 Å². The van der Waals surface area contributed by atoms with Gasteiger partial charge in [-0.3, -0.25) is 9.59 Å². The third-order valence-corrected chi connectivity index (χ3v) is 6.59. The van der Waals surface area contributed by atoms with Crippen molar-refractivity contribution in [2.75, 3.05) is 26.2 Å². The number of hydrogen-bond acceptors (Lipinski definition) is 4. The zero-order chi connectivity index (χ0) is 22.7. The second-order valence-corrected chi connectivity index (χ2v) is 8.79. The molecule has 1 aliphatic heterocycles. The number of para-hydroxylation sites is 1. The lowest BCUT2D eigenvalue weighted by Gasteiger charge is -2.35. The predicted molar refractivity (Wildman–Crippen MR) is 116 cm³/mol. The Labute approximate surface area is 187 Å². The van der Waals surface area contributed by atoms with E-state index >= 15 is 0 Å². The highest BCUT2D eigenvalue weighted by atomic mass is 32.1. The van der Waals surface area contributed by atoms with Gasteiger partial charge in [-0.15, -0.1) is 11.3 Å². The first kappa shape index (κ1) is 22.3. The van der Waals surface area contributed by atoms with E-state index in [4.69, 9.17) is 0 Å². The molecule has 9 heteroatoms. The summed E-state index contributed by atoms with van der Waals surface area (Å²) in [4.78, 5) is 33.0. The number of aromatic nitrogens is 1. The number of carbonyl (C=O) groups excluding carboxylic acids is 2. The smallest absolute Gasteiger partial charge is 0.339 e. The molecule has 0 radical (unpaired) electrons. The van der Waals surface area contributed by atoms with Gasteiger partial charge in [0.15, 0.2) is 0 Å². The van der Waals surface area contributed by atoms with E-state index < -0.39 is 11.7 Å². The summed E-state index contributed by atoms with van der Waals surface area (Å²) in [5.74, 6) is -0.269. The molecule has 2 heterocycles. The van der Waals surface area contributed by atoms with Crippen molar-refractivity contribution in [3.63, 3.8) is 0 Å². The first-order valence-corrected chi connectivity index (χ1v) is 11.2. The predicted octanol–water partition coefficient (Wildman–Crippen LogP) is 4.62. The Kier molecular flexibility index (Phi) is 6.45. The van der Waals surface area contributed by atoms with E-state index in [1.807, 2.05) is 24.3 Å². The maximum Gasteiger partial charge on any atom is 0.416 e. The molecule has 1 aromatic heterocycles. The number of benzene rings is 2. The van der Waals surface area contributed by atoms with Crippen LogP contribution in [0, 0.1) is 0 Å². The number of halogens is 3. The van der Waals surface area contributed by atoms with Crippen LogP contribution in [0.1, 0.15) is 33.8 Å². The number of aryl methyl sites for hydroxylation is 1. The Morgan fingerprint density at radius 1 is 0.938 bits per heavy atom. The highest BCUT2D eigenvalue weighted by Crippen LogP contribution is 2.29. The lowest BCUT2D eigenvalue weighted by molar-refractivity contribution is -0.137. The fourth-order valence-electron chi connectivity index (χ4n) is 3.72. The van der Waals surface area contributed by atoms with Gasteiger partial charge in [0.1, 0.15) is 0 Å². The second kappa shape index (κ2) is 9.28. The van der Waals surface area contributed by atoms with Gasteiger partial charge in [0.25, 0.3) is 5.91 Å². The number of rotatable bonds is 5. The summed E-state index contributed by atoms with van der Waals surface area (Å²) in [7, 11) is 0. The van der Waals surface area contributed by atoms with Gasteiger partial charge in [-0.25, -0.2) is 4.98 Å². The molecule has 3 aromatic rings.